The molecule has 2 aromatic rings. The predicted molar refractivity (Wildman–Crippen MR) is 111 cm³/mol. The number of ether oxygens (including phenoxy) is 1. The lowest BCUT2D eigenvalue weighted by Gasteiger charge is -2.31. The first-order chi connectivity index (χ1) is 13.1. The summed E-state index contributed by atoms with van der Waals surface area (Å²) in [4.78, 5) is 12.8. The first kappa shape index (κ1) is 20.4. The second-order valence-electron chi connectivity index (χ2n) is 8.10. The molecule has 0 saturated heterocycles. The van der Waals surface area contributed by atoms with E-state index in [9.17, 15) is 9.90 Å². The maximum Gasteiger partial charge on any atom is 0.283 e. The normalized spacial score (nSPS) is 19.5. The Kier molecular flexibility index (Phi) is 5.50. The zero-order valence-electron chi connectivity index (χ0n) is 16.6. The summed E-state index contributed by atoms with van der Waals surface area (Å²) < 4.78 is 5.64. The summed E-state index contributed by atoms with van der Waals surface area (Å²) in [5.74, 6) is 0.172. The predicted octanol–water partition coefficient (Wildman–Crippen LogP) is 4.47. The number of amides is 1. The molecule has 0 bridgehead atoms. The van der Waals surface area contributed by atoms with Crippen LogP contribution < -0.4 is 4.74 Å². The van der Waals surface area contributed by atoms with Crippen LogP contribution in [0.25, 0.3) is 0 Å². The van der Waals surface area contributed by atoms with Gasteiger partial charge in [-0.25, -0.2) is 0 Å². The Labute approximate surface area is 170 Å². The summed E-state index contributed by atoms with van der Waals surface area (Å²) >= 11 is 5.94. The minimum atomic E-state index is -1.54. The maximum atomic E-state index is 12.8. The van der Waals surface area contributed by atoms with Crippen molar-refractivity contribution in [2.24, 2.45) is 5.10 Å². The highest BCUT2D eigenvalue weighted by Gasteiger charge is 2.44. The van der Waals surface area contributed by atoms with Crippen LogP contribution in [-0.4, -0.2) is 28.3 Å². The lowest BCUT2D eigenvalue weighted by atomic mass is 9.87. The smallest absolute Gasteiger partial charge is 0.283 e. The molecule has 6 heteroatoms. The molecule has 1 amide bonds. The monoisotopic (exact) mass is 400 g/mol. The van der Waals surface area contributed by atoms with E-state index < -0.39 is 11.6 Å². The lowest BCUT2D eigenvalue weighted by Crippen LogP contribution is -2.45. The van der Waals surface area contributed by atoms with Crippen LogP contribution in [0.4, 0.5) is 0 Å². The Morgan fingerprint density at radius 1 is 1.18 bits per heavy atom. The van der Waals surface area contributed by atoms with Crippen molar-refractivity contribution < 1.29 is 14.6 Å². The molecule has 0 saturated carbocycles. The molecule has 28 heavy (non-hydrogen) atoms. The lowest BCUT2D eigenvalue weighted by molar-refractivity contribution is -0.159. The number of rotatable bonds is 4. The van der Waals surface area contributed by atoms with Crippen LogP contribution in [0.3, 0.4) is 0 Å². The fourth-order valence-electron chi connectivity index (χ4n) is 3.18. The Bertz CT molecular complexity index is 885. The molecular weight excluding hydrogens is 376 g/mol. The average molecular weight is 401 g/mol. The van der Waals surface area contributed by atoms with Gasteiger partial charge in [0, 0.05) is 22.7 Å². The van der Waals surface area contributed by atoms with Crippen molar-refractivity contribution in [2.45, 2.75) is 45.3 Å². The van der Waals surface area contributed by atoms with E-state index in [1.807, 2.05) is 24.3 Å². The Morgan fingerprint density at radius 3 is 2.36 bits per heavy atom. The van der Waals surface area contributed by atoms with Crippen molar-refractivity contribution in [1.82, 2.24) is 5.01 Å². The number of carbonyl (C=O) groups is 1. The molecule has 1 aliphatic heterocycles. The molecule has 0 radical (unpaired) electrons. The second-order valence-corrected chi connectivity index (χ2v) is 8.54. The highest BCUT2D eigenvalue weighted by Crippen LogP contribution is 2.36. The number of hydrogen-bond acceptors (Lipinski definition) is 4. The van der Waals surface area contributed by atoms with Gasteiger partial charge in [-0.1, -0.05) is 56.6 Å². The van der Waals surface area contributed by atoms with E-state index in [0.29, 0.717) is 22.0 Å². The van der Waals surface area contributed by atoms with E-state index in [0.717, 1.165) is 5.01 Å². The van der Waals surface area contributed by atoms with Crippen molar-refractivity contribution in [3.63, 3.8) is 0 Å². The van der Waals surface area contributed by atoms with Gasteiger partial charge in [0.15, 0.2) is 12.3 Å². The van der Waals surface area contributed by atoms with Crippen LogP contribution in [0.1, 0.15) is 45.2 Å². The topological polar surface area (TPSA) is 62.1 Å². The van der Waals surface area contributed by atoms with E-state index in [2.05, 4.69) is 25.9 Å². The first-order valence-corrected chi connectivity index (χ1v) is 9.56. The van der Waals surface area contributed by atoms with E-state index in [4.69, 9.17) is 16.3 Å². The number of aliphatic hydroxyl groups is 1. The van der Waals surface area contributed by atoms with Gasteiger partial charge in [0.05, 0.1) is 0 Å². The van der Waals surface area contributed by atoms with Gasteiger partial charge in [0.2, 0.25) is 0 Å². The average Bonchev–Trinajstić information content (AvgIpc) is 2.95. The quantitative estimate of drug-likeness (QED) is 0.823. The molecule has 1 atom stereocenters. The molecule has 0 aromatic heterocycles. The molecule has 0 spiro atoms. The fourth-order valence-corrected chi connectivity index (χ4v) is 3.31. The molecule has 0 aliphatic carbocycles. The minimum absolute atomic E-state index is 0.0468. The molecule has 3 rings (SSSR count). The molecule has 0 fully saturated rings. The maximum absolute atomic E-state index is 12.8. The van der Waals surface area contributed by atoms with Crippen molar-refractivity contribution in [2.75, 3.05) is 6.61 Å². The Hall–Kier alpha value is -2.37. The standard InChI is InChI=1S/C22H25ClN2O3/c1-15-13-22(27,17-5-9-18(23)10-6-17)25(24-15)20(26)14-28-19-11-7-16(8-12-19)21(2,3)4/h5-12,27H,13-14H2,1-4H3/t22-/m0/s1. The number of hydrogen-bond donors (Lipinski definition) is 1. The zero-order chi connectivity index (χ0) is 20.5. The van der Waals surface area contributed by atoms with Crippen LogP contribution in [0.2, 0.25) is 5.02 Å². The summed E-state index contributed by atoms with van der Waals surface area (Å²) in [6.07, 6.45) is 0.237. The molecular formula is C22H25ClN2O3. The number of hydrazone groups is 1. The van der Waals surface area contributed by atoms with Crippen LogP contribution in [0, 0.1) is 0 Å². The van der Waals surface area contributed by atoms with Gasteiger partial charge in [-0.15, -0.1) is 0 Å². The highest BCUT2D eigenvalue weighted by atomic mass is 35.5. The Morgan fingerprint density at radius 2 is 1.79 bits per heavy atom. The van der Waals surface area contributed by atoms with Crippen LogP contribution in [-0.2, 0) is 15.9 Å². The summed E-state index contributed by atoms with van der Waals surface area (Å²) in [5, 5.41) is 17.1. The van der Waals surface area contributed by atoms with Crippen molar-refractivity contribution >= 4 is 23.2 Å². The molecule has 148 valence electrons. The van der Waals surface area contributed by atoms with Crippen molar-refractivity contribution in [3.8, 4) is 5.75 Å². The summed E-state index contributed by atoms with van der Waals surface area (Å²) in [6, 6.07) is 14.4. The molecule has 5 nitrogen and oxygen atoms in total. The van der Waals surface area contributed by atoms with E-state index in [1.165, 1.54) is 5.56 Å². The van der Waals surface area contributed by atoms with E-state index in [-0.39, 0.29) is 18.4 Å². The number of carbonyl (C=O) groups excluding carboxylic acids is 1. The number of benzene rings is 2. The van der Waals surface area contributed by atoms with Crippen LogP contribution in [0.5, 0.6) is 5.75 Å². The van der Waals surface area contributed by atoms with Gasteiger partial charge in [-0.2, -0.15) is 10.1 Å². The molecule has 1 heterocycles. The molecule has 2 aromatic carbocycles. The second kappa shape index (κ2) is 7.57. The van der Waals surface area contributed by atoms with Crippen LogP contribution in [0.15, 0.2) is 53.6 Å². The van der Waals surface area contributed by atoms with Crippen LogP contribution >= 0.6 is 11.6 Å². The fraction of sp³-hybridized carbons (Fsp3) is 0.364. The number of halogens is 1. The summed E-state index contributed by atoms with van der Waals surface area (Å²) in [5.41, 5.74) is 0.917. The van der Waals surface area contributed by atoms with Gasteiger partial charge in [0.25, 0.3) is 5.91 Å². The largest absolute Gasteiger partial charge is 0.484 e. The van der Waals surface area contributed by atoms with E-state index in [1.54, 1.807) is 31.2 Å². The van der Waals surface area contributed by atoms with Crippen molar-refractivity contribution in [3.05, 3.63) is 64.7 Å². The zero-order valence-corrected chi connectivity index (χ0v) is 17.3. The molecule has 1 aliphatic rings. The third-order valence-electron chi connectivity index (χ3n) is 4.75. The van der Waals surface area contributed by atoms with Gasteiger partial charge >= 0.3 is 0 Å². The molecule has 1 N–H and O–H groups in total. The third kappa shape index (κ3) is 4.21. The van der Waals surface area contributed by atoms with Crippen molar-refractivity contribution in [1.29, 1.82) is 0 Å². The minimum Gasteiger partial charge on any atom is -0.484 e. The number of nitrogens with zero attached hydrogens (tertiary/aromatic N) is 2. The van der Waals surface area contributed by atoms with Gasteiger partial charge in [-0.3, -0.25) is 4.79 Å². The Balaban J connectivity index is 1.72. The highest BCUT2D eigenvalue weighted by molar-refractivity contribution is 6.30. The third-order valence-corrected chi connectivity index (χ3v) is 5.00. The first-order valence-electron chi connectivity index (χ1n) is 9.18. The van der Waals surface area contributed by atoms with Gasteiger partial charge < -0.3 is 9.84 Å². The van der Waals surface area contributed by atoms with E-state index >= 15 is 0 Å². The van der Waals surface area contributed by atoms with Gasteiger partial charge in [0.1, 0.15) is 5.75 Å². The SMILES string of the molecule is CC1=NN(C(=O)COc2ccc(C(C)(C)C)cc2)[C@@](O)(c2ccc(Cl)cc2)C1. The summed E-state index contributed by atoms with van der Waals surface area (Å²) in [7, 11) is 0. The van der Waals surface area contributed by atoms with Gasteiger partial charge in [-0.05, 0) is 42.2 Å². The molecule has 0 unspecified atom stereocenters. The summed E-state index contributed by atoms with van der Waals surface area (Å²) in [6.45, 7) is 7.97.